The third kappa shape index (κ3) is 4.60. The molecule has 1 rings (SSSR count). The Morgan fingerprint density at radius 3 is 1.24 bits per heavy atom. The van der Waals surface area contributed by atoms with Crippen molar-refractivity contribution in [2.45, 2.75) is 83.6 Å². The quantitative estimate of drug-likeness (QED) is 0.461. The molecule has 138 valence electrons. The van der Waals surface area contributed by atoms with E-state index in [2.05, 4.69) is 107 Å². The molecule has 0 aliphatic rings. The fraction of sp³-hybridized carbons (Fsp3) is 0.684. The van der Waals surface area contributed by atoms with Gasteiger partial charge in [-0.1, -0.05) is 87.7 Å². The van der Waals surface area contributed by atoms with E-state index in [1.165, 1.54) is 16.7 Å². The average molecular weight is 466 g/mol. The second-order valence-electron chi connectivity index (χ2n) is 10.6. The van der Waals surface area contributed by atoms with Gasteiger partial charge in [0.05, 0.1) is 0 Å². The monoisotopic (exact) mass is 464 g/mol. The number of aryl methyl sites for hydroxylation is 3. The molecule has 1 aromatic carbocycles. The van der Waals surface area contributed by atoms with Crippen LogP contribution in [0.3, 0.4) is 0 Å². The first-order valence-electron chi connectivity index (χ1n) is 9.09. The predicted molar refractivity (Wildman–Crippen MR) is 128 cm³/mol. The SMILES string of the molecule is Cc1cc(C)c([Si-](Br)C([Si](C)(C)C)([Si](C)(C)C)[Si](C)(C)C)c(C)c1.[Li+]. The summed E-state index contributed by atoms with van der Waals surface area (Å²) in [5, 5.41) is 1.68. The number of hydrogen-bond acceptors (Lipinski definition) is 0. The van der Waals surface area contributed by atoms with Gasteiger partial charge < -0.3 is 15.3 Å². The largest absolute Gasteiger partial charge is 1.00 e. The van der Waals surface area contributed by atoms with E-state index in [4.69, 9.17) is 0 Å². The van der Waals surface area contributed by atoms with Crippen LogP contribution >= 0.6 is 15.3 Å². The van der Waals surface area contributed by atoms with Gasteiger partial charge in [0.1, 0.15) is 0 Å². The molecule has 0 atom stereocenters. The first-order valence-corrected chi connectivity index (χ1v) is 23.4. The summed E-state index contributed by atoms with van der Waals surface area (Å²) in [5.74, 6) is 0. The number of benzene rings is 1. The van der Waals surface area contributed by atoms with Crippen LogP contribution in [0.1, 0.15) is 16.7 Å². The van der Waals surface area contributed by atoms with Gasteiger partial charge in [-0.2, -0.15) is 5.19 Å². The summed E-state index contributed by atoms with van der Waals surface area (Å²) < 4.78 is 0.586. The van der Waals surface area contributed by atoms with Crippen molar-refractivity contribution in [2.24, 2.45) is 0 Å². The molecule has 1 aromatic rings. The van der Waals surface area contributed by atoms with Gasteiger partial charge in [-0.3, -0.25) is 0 Å². The Balaban J connectivity index is 0.00000576. The summed E-state index contributed by atoms with van der Waals surface area (Å²) in [5.41, 5.74) is 4.42. The minimum absolute atomic E-state index is 0. The minimum atomic E-state index is -1.39. The molecule has 0 aliphatic carbocycles. The van der Waals surface area contributed by atoms with Crippen molar-refractivity contribution in [3.05, 3.63) is 28.8 Å². The molecule has 0 aromatic heterocycles. The zero-order valence-corrected chi connectivity index (χ0v) is 24.6. The van der Waals surface area contributed by atoms with Crippen LogP contribution in [0.5, 0.6) is 0 Å². The van der Waals surface area contributed by atoms with Gasteiger partial charge in [0.2, 0.25) is 0 Å². The molecule has 0 radical (unpaired) electrons. The van der Waals surface area contributed by atoms with Crippen molar-refractivity contribution in [3.63, 3.8) is 0 Å². The molecule has 0 saturated carbocycles. The van der Waals surface area contributed by atoms with Gasteiger partial charge >= 0.3 is 18.9 Å². The minimum Gasteiger partial charge on any atom is -0.328 e. The summed E-state index contributed by atoms with van der Waals surface area (Å²) >= 11 is 4.45. The van der Waals surface area contributed by atoms with Crippen LogP contribution in [-0.4, -0.2) is 31.6 Å². The predicted octanol–water partition coefficient (Wildman–Crippen LogP) is 3.58. The Bertz CT molecular complexity index is 550. The van der Waals surface area contributed by atoms with Gasteiger partial charge in [-0.25, -0.2) is 7.42 Å². The number of hydrogen-bond donors (Lipinski definition) is 0. The molecule has 0 unspecified atom stereocenters. The third-order valence-electron chi connectivity index (χ3n) is 5.60. The van der Waals surface area contributed by atoms with Crippen molar-refractivity contribution in [1.29, 1.82) is 0 Å². The molecule has 0 fully saturated rings. The normalized spacial score (nSPS) is 13.5. The van der Waals surface area contributed by atoms with E-state index in [1.807, 2.05) is 0 Å². The maximum atomic E-state index is 4.45. The van der Waals surface area contributed by atoms with Gasteiger partial charge in [0.15, 0.2) is 0 Å². The standard InChI is InChI=1S/C19H38BrSi4.Li/c1-15-13-16(2)18(17(3)14-15)21(20)19(22(4,5)6,23(7,8)9)24(10,11)12;/h13-14H,1-12H3;/q-1;+1. The molecule has 0 spiro atoms. The molecule has 0 amide bonds. The van der Waals surface area contributed by atoms with E-state index in [1.54, 1.807) is 5.19 Å². The van der Waals surface area contributed by atoms with E-state index in [0.717, 1.165) is 0 Å². The Hall–Kier alpha value is 1.16. The first kappa shape index (κ1) is 26.2. The molecule has 0 bridgehead atoms. The van der Waals surface area contributed by atoms with Crippen LogP contribution in [0, 0.1) is 20.8 Å². The third-order valence-corrected chi connectivity index (χ3v) is 43.0. The van der Waals surface area contributed by atoms with Gasteiger partial charge in [0.25, 0.3) is 0 Å². The fourth-order valence-corrected chi connectivity index (χ4v) is 61.2. The van der Waals surface area contributed by atoms with Gasteiger partial charge in [-0.15, -0.1) is 3.91 Å². The molecule has 0 saturated heterocycles. The topological polar surface area (TPSA) is 0 Å². The Labute approximate surface area is 182 Å². The second kappa shape index (κ2) is 8.27. The van der Waals surface area contributed by atoms with Crippen LogP contribution in [0.4, 0.5) is 0 Å². The average Bonchev–Trinajstić information content (AvgIpc) is 2.20. The second-order valence-corrected chi connectivity index (χ2v) is 33.6. The summed E-state index contributed by atoms with van der Waals surface area (Å²) in [7, 11) is -4.99. The van der Waals surface area contributed by atoms with E-state index in [9.17, 15) is 0 Å². The molecule has 0 N–H and O–H groups in total. The Morgan fingerprint density at radius 2 is 1.00 bits per heavy atom. The van der Waals surface area contributed by atoms with Crippen molar-refractivity contribution in [1.82, 2.24) is 0 Å². The van der Waals surface area contributed by atoms with E-state index < -0.39 is 31.6 Å². The summed E-state index contributed by atoms with van der Waals surface area (Å²) in [6.45, 7) is 30.7. The first-order chi connectivity index (χ1) is 10.5. The van der Waals surface area contributed by atoms with E-state index in [-0.39, 0.29) is 18.9 Å². The van der Waals surface area contributed by atoms with Gasteiger partial charge in [0, 0.05) is 24.2 Å². The molecule has 0 nitrogen and oxygen atoms in total. The molecule has 0 heterocycles. The Morgan fingerprint density at radius 1 is 0.720 bits per heavy atom. The smallest absolute Gasteiger partial charge is 0.328 e. The Kier molecular flexibility index (Phi) is 8.65. The van der Waals surface area contributed by atoms with Crippen molar-refractivity contribution in [2.75, 3.05) is 0 Å². The molecule has 6 heteroatoms. The number of halogens is 1. The molecule has 25 heavy (non-hydrogen) atoms. The van der Waals surface area contributed by atoms with Crippen LogP contribution in [0.2, 0.25) is 62.8 Å². The van der Waals surface area contributed by atoms with Crippen molar-refractivity contribution >= 4 is 52.1 Å². The van der Waals surface area contributed by atoms with Crippen LogP contribution in [0.15, 0.2) is 12.1 Å². The zero-order valence-electron chi connectivity index (χ0n) is 19.0. The van der Waals surface area contributed by atoms with Crippen molar-refractivity contribution < 1.29 is 18.9 Å². The summed E-state index contributed by atoms with van der Waals surface area (Å²) in [6.07, 6.45) is 0. The number of rotatable bonds is 5. The summed E-state index contributed by atoms with van der Waals surface area (Å²) in [4.78, 5) is 0. The van der Waals surface area contributed by atoms with Crippen LogP contribution in [-0.2, 0) is 0 Å². The van der Waals surface area contributed by atoms with Crippen LogP contribution in [0.25, 0.3) is 0 Å². The molecule has 0 aliphatic heterocycles. The molecular formula is C19H38BrLiSi4. The maximum Gasteiger partial charge on any atom is 1.00 e. The molecular weight excluding hydrogens is 427 g/mol. The maximum absolute atomic E-state index is 4.45. The van der Waals surface area contributed by atoms with Gasteiger partial charge in [-0.05, 0) is 20.8 Å². The summed E-state index contributed by atoms with van der Waals surface area (Å²) in [6, 6.07) is 4.80. The zero-order chi connectivity index (χ0) is 19.3. The van der Waals surface area contributed by atoms with Crippen LogP contribution < -0.4 is 24.0 Å². The van der Waals surface area contributed by atoms with Crippen molar-refractivity contribution in [3.8, 4) is 0 Å². The van der Waals surface area contributed by atoms with E-state index >= 15 is 0 Å². The van der Waals surface area contributed by atoms with E-state index in [0.29, 0.717) is 3.91 Å². The fourth-order valence-electron chi connectivity index (χ4n) is 6.08.